The predicted octanol–water partition coefficient (Wildman–Crippen LogP) is 11.8. The Bertz CT molecular complexity index is 856. The van der Waals surface area contributed by atoms with Crippen molar-refractivity contribution in [1.29, 1.82) is 0 Å². The first kappa shape index (κ1) is 49.8. The van der Waals surface area contributed by atoms with Crippen molar-refractivity contribution in [3.05, 3.63) is 12.2 Å². The van der Waals surface area contributed by atoms with Crippen molar-refractivity contribution in [2.24, 2.45) is 5.73 Å². The molecule has 2 unspecified atom stereocenters. The Balaban J connectivity index is 4.15. The van der Waals surface area contributed by atoms with Crippen LogP contribution in [-0.4, -0.2) is 49.3 Å². The van der Waals surface area contributed by atoms with E-state index in [-0.39, 0.29) is 38.6 Å². The molecule has 3 N–H and O–H groups in total. The van der Waals surface area contributed by atoms with Crippen LogP contribution in [0.2, 0.25) is 0 Å². The van der Waals surface area contributed by atoms with E-state index in [0.29, 0.717) is 6.42 Å². The number of esters is 2. The molecule has 10 heteroatoms. The second-order valence-corrected chi connectivity index (χ2v) is 15.7. The smallest absolute Gasteiger partial charge is 0.462 e. The first-order valence-electron chi connectivity index (χ1n) is 21.2. The largest absolute Gasteiger partial charge is 0.472 e. The van der Waals surface area contributed by atoms with E-state index in [2.05, 4.69) is 26.0 Å². The summed E-state index contributed by atoms with van der Waals surface area (Å²) in [4.78, 5) is 34.8. The zero-order valence-corrected chi connectivity index (χ0v) is 34.0. The lowest BCUT2D eigenvalue weighted by molar-refractivity contribution is -0.161. The Kier molecular flexibility index (Phi) is 37.5. The first-order valence-corrected chi connectivity index (χ1v) is 22.7. The molecule has 0 amide bonds. The molecule has 0 fully saturated rings. The molecule has 0 saturated carbocycles. The number of phosphoric ester groups is 1. The van der Waals surface area contributed by atoms with Crippen LogP contribution in [0.15, 0.2) is 12.2 Å². The molecule has 0 spiro atoms. The summed E-state index contributed by atoms with van der Waals surface area (Å²) in [6, 6.07) is 0. The van der Waals surface area contributed by atoms with E-state index >= 15 is 0 Å². The van der Waals surface area contributed by atoms with Gasteiger partial charge < -0.3 is 20.1 Å². The Labute approximate surface area is 313 Å². The van der Waals surface area contributed by atoms with Crippen molar-refractivity contribution >= 4 is 19.8 Å². The number of rotatable bonds is 40. The van der Waals surface area contributed by atoms with Crippen LogP contribution in [0, 0.1) is 0 Å². The fourth-order valence-electron chi connectivity index (χ4n) is 5.98. The van der Waals surface area contributed by atoms with Gasteiger partial charge in [0, 0.05) is 19.4 Å². The Morgan fingerprint density at radius 2 is 0.961 bits per heavy atom. The van der Waals surface area contributed by atoms with Crippen molar-refractivity contribution in [2.45, 2.75) is 213 Å². The first-order chi connectivity index (χ1) is 24.8. The minimum atomic E-state index is -4.37. The van der Waals surface area contributed by atoms with E-state index in [1.54, 1.807) is 0 Å². The van der Waals surface area contributed by atoms with Crippen LogP contribution < -0.4 is 5.73 Å². The highest BCUT2D eigenvalue weighted by molar-refractivity contribution is 7.47. The van der Waals surface area contributed by atoms with Gasteiger partial charge in [0.15, 0.2) is 6.10 Å². The number of phosphoric acid groups is 1. The van der Waals surface area contributed by atoms with Gasteiger partial charge in [-0.2, -0.15) is 0 Å². The van der Waals surface area contributed by atoms with Crippen molar-refractivity contribution in [3.63, 3.8) is 0 Å². The van der Waals surface area contributed by atoms with E-state index in [0.717, 1.165) is 51.4 Å². The number of hydrogen-bond donors (Lipinski definition) is 2. The molecule has 0 aliphatic heterocycles. The standard InChI is InChI=1S/C41H80NO8P/c1-3-5-7-9-11-13-15-17-19-21-23-25-27-29-31-33-40(43)47-37-39(38-49-51(45,46)48-36-35-42)50-41(44)34-32-30-28-26-24-22-20-18-16-14-12-10-8-6-4-2/h18,20,39H,3-17,19,21-38,42H2,1-2H3,(H,45,46)/b20-18+. The Morgan fingerprint density at radius 3 is 1.39 bits per heavy atom. The SMILES string of the molecule is CCCCCCCC/C=C/CCCCCCCC(=O)OC(COC(=O)CCCCCCCCCCCCCCCCC)COP(=O)(O)OCCN. The Morgan fingerprint density at radius 1 is 0.569 bits per heavy atom. The molecule has 0 bridgehead atoms. The predicted molar refractivity (Wildman–Crippen MR) is 211 cm³/mol. The summed E-state index contributed by atoms with van der Waals surface area (Å²) in [5.41, 5.74) is 5.34. The molecule has 0 aromatic heterocycles. The molecule has 0 heterocycles. The van der Waals surface area contributed by atoms with E-state index in [1.165, 1.54) is 122 Å². The summed E-state index contributed by atoms with van der Waals surface area (Å²) in [6.07, 6.45) is 38.1. The van der Waals surface area contributed by atoms with Crippen molar-refractivity contribution in [2.75, 3.05) is 26.4 Å². The third-order valence-corrected chi connectivity index (χ3v) is 10.1. The average Bonchev–Trinajstić information content (AvgIpc) is 3.11. The zero-order chi connectivity index (χ0) is 37.5. The van der Waals surface area contributed by atoms with E-state index < -0.39 is 26.5 Å². The highest BCUT2D eigenvalue weighted by Crippen LogP contribution is 2.43. The number of hydrogen-bond acceptors (Lipinski definition) is 8. The van der Waals surface area contributed by atoms with Gasteiger partial charge in [0.05, 0.1) is 13.2 Å². The number of carbonyl (C=O) groups excluding carboxylic acids is 2. The lowest BCUT2D eigenvalue weighted by Crippen LogP contribution is -2.29. The summed E-state index contributed by atoms with van der Waals surface area (Å²) in [5.74, 6) is -0.829. The van der Waals surface area contributed by atoms with Gasteiger partial charge >= 0.3 is 19.8 Å². The maximum atomic E-state index is 12.6. The molecule has 0 aliphatic carbocycles. The van der Waals surface area contributed by atoms with E-state index in [1.807, 2.05) is 0 Å². The minimum absolute atomic E-state index is 0.0548. The van der Waals surface area contributed by atoms with Gasteiger partial charge in [0.25, 0.3) is 0 Å². The maximum absolute atomic E-state index is 12.6. The number of allylic oxidation sites excluding steroid dienone is 2. The normalized spacial score (nSPS) is 13.4. The maximum Gasteiger partial charge on any atom is 0.472 e. The summed E-state index contributed by atoms with van der Waals surface area (Å²) < 4.78 is 32.7. The molecular formula is C41H80NO8P. The van der Waals surface area contributed by atoms with Gasteiger partial charge in [-0.3, -0.25) is 18.6 Å². The Hall–Kier alpha value is -1.25. The van der Waals surface area contributed by atoms with Crippen molar-refractivity contribution in [3.8, 4) is 0 Å². The van der Waals surface area contributed by atoms with Gasteiger partial charge in [0.2, 0.25) is 0 Å². The molecule has 0 aromatic carbocycles. The number of nitrogens with two attached hydrogens (primary N) is 1. The number of ether oxygens (including phenoxy) is 2. The highest BCUT2D eigenvalue weighted by atomic mass is 31.2. The molecule has 2 atom stereocenters. The van der Waals surface area contributed by atoms with Crippen LogP contribution >= 0.6 is 7.82 Å². The molecule has 0 saturated heterocycles. The zero-order valence-electron chi connectivity index (χ0n) is 33.1. The van der Waals surface area contributed by atoms with Gasteiger partial charge in [-0.05, 0) is 38.5 Å². The van der Waals surface area contributed by atoms with Crippen LogP contribution in [0.5, 0.6) is 0 Å². The van der Waals surface area contributed by atoms with Crippen LogP contribution in [0.1, 0.15) is 206 Å². The monoisotopic (exact) mass is 746 g/mol. The number of unbranched alkanes of at least 4 members (excludes halogenated alkanes) is 25. The summed E-state index contributed by atoms with van der Waals surface area (Å²) >= 11 is 0. The number of carbonyl (C=O) groups is 2. The topological polar surface area (TPSA) is 134 Å². The lowest BCUT2D eigenvalue weighted by atomic mass is 10.0. The quantitative estimate of drug-likeness (QED) is 0.0272. The molecule has 0 aliphatic rings. The van der Waals surface area contributed by atoms with Crippen molar-refractivity contribution in [1.82, 2.24) is 0 Å². The second kappa shape index (κ2) is 38.5. The fourth-order valence-corrected chi connectivity index (χ4v) is 6.75. The molecule has 0 rings (SSSR count). The summed E-state index contributed by atoms with van der Waals surface area (Å²) in [5, 5.41) is 0. The molecule has 9 nitrogen and oxygen atoms in total. The molecule has 51 heavy (non-hydrogen) atoms. The summed E-state index contributed by atoms with van der Waals surface area (Å²) in [6.45, 7) is 3.74. The third-order valence-electron chi connectivity index (χ3n) is 9.15. The van der Waals surface area contributed by atoms with Gasteiger partial charge in [0.1, 0.15) is 6.61 Å². The van der Waals surface area contributed by atoms with Crippen LogP contribution in [0.25, 0.3) is 0 Å². The molecule has 302 valence electrons. The second-order valence-electron chi connectivity index (χ2n) is 14.2. The lowest BCUT2D eigenvalue weighted by Gasteiger charge is -2.19. The molecule has 0 radical (unpaired) electrons. The van der Waals surface area contributed by atoms with E-state index in [4.69, 9.17) is 24.3 Å². The minimum Gasteiger partial charge on any atom is -0.462 e. The molecular weight excluding hydrogens is 665 g/mol. The summed E-state index contributed by atoms with van der Waals surface area (Å²) in [7, 11) is -4.37. The van der Waals surface area contributed by atoms with Gasteiger partial charge in [-0.1, -0.05) is 167 Å². The van der Waals surface area contributed by atoms with Gasteiger partial charge in [-0.15, -0.1) is 0 Å². The van der Waals surface area contributed by atoms with Crippen LogP contribution in [0.4, 0.5) is 0 Å². The highest BCUT2D eigenvalue weighted by Gasteiger charge is 2.26. The third kappa shape index (κ3) is 38.3. The average molecular weight is 746 g/mol. The van der Waals surface area contributed by atoms with Crippen LogP contribution in [0.3, 0.4) is 0 Å². The van der Waals surface area contributed by atoms with E-state index in [9.17, 15) is 19.0 Å². The molecule has 0 aromatic rings. The van der Waals surface area contributed by atoms with Gasteiger partial charge in [-0.25, -0.2) is 4.57 Å². The van der Waals surface area contributed by atoms with Crippen LogP contribution in [-0.2, 0) is 32.7 Å². The van der Waals surface area contributed by atoms with Crippen molar-refractivity contribution < 1.29 is 37.6 Å². The fraction of sp³-hybridized carbons (Fsp3) is 0.902.